The predicted octanol–water partition coefficient (Wildman–Crippen LogP) is 0.181. The molecule has 1 heterocycles. The number of carbonyl (C=O) groups excluding carboxylic acids is 1. The number of para-hydroxylation sites is 1. The molecule has 1 aliphatic rings. The summed E-state index contributed by atoms with van der Waals surface area (Å²) in [5.74, 6) is -2.41. The molecule has 2 aromatic rings. The van der Waals surface area contributed by atoms with Crippen LogP contribution in [0.5, 0.6) is 17.2 Å². The summed E-state index contributed by atoms with van der Waals surface area (Å²) in [6, 6.07) is 8.77. The second-order valence-electron chi connectivity index (χ2n) is 6.21. The van der Waals surface area contributed by atoms with E-state index < -0.39 is 24.9 Å². The van der Waals surface area contributed by atoms with Gasteiger partial charge in [-0.25, -0.2) is 4.79 Å². The van der Waals surface area contributed by atoms with Crippen molar-refractivity contribution in [1.82, 2.24) is 5.32 Å². The van der Waals surface area contributed by atoms with Crippen LogP contribution >= 0.6 is 0 Å². The number of nitrogens with two attached hydrogens (primary N) is 1. The van der Waals surface area contributed by atoms with E-state index in [1.165, 1.54) is 24.3 Å². The van der Waals surface area contributed by atoms with Gasteiger partial charge < -0.3 is 35.7 Å². The van der Waals surface area contributed by atoms with E-state index >= 15 is 0 Å². The van der Waals surface area contributed by atoms with Crippen LogP contribution in [0.4, 0.5) is 0 Å². The number of phenols is 1. The summed E-state index contributed by atoms with van der Waals surface area (Å²) in [5.41, 5.74) is 6.01. The van der Waals surface area contributed by atoms with Crippen LogP contribution in [0.15, 0.2) is 36.4 Å². The largest absolute Gasteiger partial charge is 0.547 e. The molecule has 28 heavy (non-hydrogen) atoms. The first-order chi connectivity index (χ1) is 13.4. The van der Waals surface area contributed by atoms with E-state index in [9.17, 15) is 24.8 Å². The predicted molar refractivity (Wildman–Crippen MR) is 99.6 cm³/mol. The molecular weight excluding hydrogens is 367 g/mol. The molecule has 10 heteroatoms. The topological polar surface area (TPSA) is 151 Å². The second kappa shape index (κ2) is 8.20. The molecule has 0 radical (unpaired) electrons. The minimum absolute atomic E-state index is 0.0562. The van der Waals surface area contributed by atoms with Crippen molar-refractivity contribution in [2.24, 2.45) is 5.73 Å². The number of carboxylic acid groups (broad SMARTS) is 1. The fraction of sp³-hybridized carbons (Fsp3) is 0.222. The van der Waals surface area contributed by atoms with Gasteiger partial charge in [0.25, 0.3) is 5.91 Å². The zero-order valence-electron chi connectivity index (χ0n) is 14.8. The van der Waals surface area contributed by atoms with E-state index in [1.54, 1.807) is 12.1 Å². The molecule has 9 nitrogen and oxygen atoms in total. The number of ether oxygens (including phenoxy) is 1. The third kappa shape index (κ3) is 4.02. The van der Waals surface area contributed by atoms with Crippen LogP contribution in [0.3, 0.4) is 0 Å². The number of hydrogen-bond acceptors (Lipinski definition) is 7. The number of carbonyl (C=O) groups is 2. The van der Waals surface area contributed by atoms with Gasteiger partial charge in [0.2, 0.25) is 0 Å². The molecule has 0 saturated heterocycles. The smallest absolute Gasteiger partial charge is 0.534 e. The Morgan fingerprint density at radius 3 is 2.79 bits per heavy atom. The Morgan fingerprint density at radius 1 is 1.32 bits per heavy atom. The molecule has 146 valence electrons. The molecule has 0 aromatic heterocycles. The fourth-order valence-electron chi connectivity index (χ4n) is 2.92. The number of carboxylic acids is 1. The van der Waals surface area contributed by atoms with E-state index in [2.05, 4.69) is 5.32 Å². The number of nitrogens with one attached hydrogen (secondary N) is 1. The lowest BCUT2D eigenvalue weighted by Gasteiger charge is -2.28. The number of amides is 1. The van der Waals surface area contributed by atoms with Crippen molar-refractivity contribution in [1.29, 1.82) is 0 Å². The van der Waals surface area contributed by atoms with Crippen molar-refractivity contribution < 1.29 is 34.2 Å². The van der Waals surface area contributed by atoms with E-state index in [4.69, 9.17) is 15.1 Å². The molecule has 0 saturated carbocycles. The zero-order chi connectivity index (χ0) is 20.3. The average molecular weight is 386 g/mol. The number of hydrogen-bond donors (Lipinski definition) is 5. The molecule has 0 spiro atoms. The number of benzene rings is 2. The highest BCUT2D eigenvalue weighted by atomic mass is 16.5. The Kier molecular flexibility index (Phi) is 5.71. The van der Waals surface area contributed by atoms with Crippen molar-refractivity contribution in [3.05, 3.63) is 53.1 Å². The minimum atomic E-state index is -1.42. The van der Waals surface area contributed by atoms with Gasteiger partial charge in [-0.1, -0.05) is 12.1 Å². The highest BCUT2D eigenvalue weighted by Gasteiger charge is 2.37. The van der Waals surface area contributed by atoms with E-state index in [1.807, 2.05) is 0 Å². The van der Waals surface area contributed by atoms with Crippen LogP contribution in [0.2, 0.25) is 0 Å². The van der Waals surface area contributed by atoms with Crippen LogP contribution in [0.25, 0.3) is 0 Å². The summed E-state index contributed by atoms with van der Waals surface area (Å²) in [4.78, 5) is 23.8. The Bertz CT molecular complexity index is 905. The summed E-state index contributed by atoms with van der Waals surface area (Å²) in [7, 11) is -1.42. The summed E-state index contributed by atoms with van der Waals surface area (Å²) in [5, 5.41) is 32.0. The monoisotopic (exact) mass is 386 g/mol. The van der Waals surface area contributed by atoms with Crippen LogP contribution in [-0.2, 0) is 6.42 Å². The van der Waals surface area contributed by atoms with Gasteiger partial charge in [0.15, 0.2) is 11.5 Å². The minimum Gasteiger partial charge on any atom is -0.534 e. The van der Waals surface area contributed by atoms with Gasteiger partial charge >= 0.3 is 13.1 Å². The maximum absolute atomic E-state index is 12.5. The highest BCUT2D eigenvalue weighted by molar-refractivity contribution is 6.47. The molecule has 0 bridgehead atoms. The average Bonchev–Trinajstić information content (AvgIpc) is 2.67. The lowest BCUT2D eigenvalue weighted by Crippen LogP contribution is -2.53. The molecule has 1 aliphatic heterocycles. The van der Waals surface area contributed by atoms with Gasteiger partial charge in [-0.15, -0.1) is 0 Å². The molecule has 0 aliphatic carbocycles. The van der Waals surface area contributed by atoms with Crippen molar-refractivity contribution in [2.45, 2.75) is 12.4 Å². The molecule has 6 N–H and O–H groups in total. The van der Waals surface area contributed by atoms with Gasteiger partial charge in [0.1, 0.15) is 12.4 Å². The molecule has 3 rings (SSSR count). The highest BCUT2D eigenvalue weighted by Crippen LogP contribution is 2.30. The Balaban J connectivity index is 1.73. The normalized spacial score (nSPS) is 15.4. The Hall–Kier alpha value is -3.24. The number of rotatable bonds is 6. The summed E-state index contributed by atoms with van der Waals surface area (Å²) < 4.78 is 10.6. The first-order valence-electron chi connectivity index (χ1n) is 8.57. The van der Waals surface area contributed by atoms with Crippen LogP contribution < -0.4 is 20.4 Å². The van der Waals surface area contributed by atoms with E-state index in [0.717, 1.165) is 0 Å². The Morgan fingerprint density at radius 2 is 2.11 bits per heavy atom. The van der Waals surface area contributed by atoms with E-state index in [-0.39, 0.29) is 47.9 Å². The van der Waals surface area contributed by atoms with Gasteiger partial charge in [0.05, 0.1) is 11.5 Å². The van der Waals surface area contributed by atoms with Gasteiger partial charge in [-0.05, 0) is 36.2 Å². The molecule has 2 aromatic carbocycles. The Labute approximate surface area is 160 Å². The SMILES string of the molecule is NCCOc1ccc(C(=O)NC2Cc3cccc(C(=O)O)c3OB2O)cc1O. The van der Waals surface area contributed by atoms with Gasteiger partial charge in [0, 0.05) is 12.1 Å². The number of phenolic OH excluding ortho intramolecular Hbond substituents is 1. The molecule has 1 amide bonds. The van der Waals surface area contributed by atoms with Crippen molar-refractivity contribution >= 4 is 19.0 Å². The molecular formula is C18H19BN2O7. The molecule has 1 unspecified atom stereocenters. The number of aromatic hydroxyl groups is 1. The van der Waals surface area contributed by atoms with Gasteiger partial charge in [-0.3, -0.25) is 4.79 Å². The lowest BCUT2D eigenvalue weighted by molar-refractivity contribution is 0.0693. The fourth-order valence-corrected chi connectivity index (χ4v) is 2.92. The van der Waals surface area contributed by atoms with Crippen LogP contribution in [0.1, 0.15) is 26.3 Å². The molecule has 0 fully saturated rings. The van der Waals surface area contributed by atoms with Crippen LogP contribution in [-0.4, -0.2) is 53.3 Å². The van der Waals surface area contributed by atoms with Crippen molar-refractivity contribution in [3.8, 4) is 17.2 Å². The van der Waals surface area contributed by atoms with Gasteiger partial charge in [-0.2, -0.15) is 0 Å². The van der Waals surface area contributed by atoms with Crippen molar-refractivity contribution in [3.63, 3.8) is 0 Å². The number of aromatic carboxylic acids is 1. The summed E-state index contributed by atoms with van der Waals surface area (Å²) in [6.45, 7) is 0.509. The quantitative estimate of drug-likeness (QED) is 0.441. The third-order valence-corrected chi connectivity index (χ3v) is 4.26. The first kappa shape index (κ1) is 19.5. The lowest BCUT2D eigenvalue weighted by atomic mass is 9.72. The van der Waals surface area contributed by atoms with Crippen LogP contribution in [0, 0.1) is 0 Å². The van der Waals surface area contributed by atoms with E-state index in [0.29, 0.717) is 5.56 Å². The number of fused-ring (bicyclic) bond motifs is 1. The summed E-state index contributed by atoms with van der Waals surface area (Å²) in [6.07, 6.45) is 0.188. The second-order valence-corrected chi connectivity index (χ2v) is 6.21. The van der Waals surface area contributed by atoms with Crippen molar-refractivity contribution in [2.75, 3.05) is 13.2 Å². The maximum Gasteiger partial charge on any atom is 0.547 e. The summed E-state index contributed by atoms with van der Waals surface area (Å²) >= 11 is 0. The first-order valence-corrected chi connectivity index (χ1v) is 8.57. The standard InChI is InChI=1S/C18H19BN2O7/c20-6-7-27-14-5-4-11(8-13(14)22)17(23)21-15-9-10-2-1-3-12(18(24)25)16(10)28-19(15)26/h1-5,8,15,22,26H,6-7,9,20H2,(H,21,23)(H,24,25). The zero-order valence-corrected chi connectivity index (χ0v) is 14.8. The third-order valence-electron chi connectivity index (χ3n) is 4.26. The molecule has 1 atom stereocenters. The maximum atomic E-state index is 12.5.